The van der Waals surface area contributed by atoms with E-state index in [1.54, 1.807) is 6.20 Å². The lowest BCUT2D eigenvalue weighted by Gasteiger charge is -2.09. The molecule has 0 saturated carbocycles. The maximum atomic E-state index is 10.9. The van der Waals surface area contributed by atoms with Gasteiger partial charge in [0.05, 0.1) is 13.2 Å². The smallest absolute Gasteiger partial charge is 0.305 e. The van der Waals surface area contributed by atoms with Crippen LogP contribution in [0.2, 0.25) is 0 Å². The number of carbonyl (C=O) groups excluding carboxylic acids is 1. The van der Waals surface area contributed by atoms with Crippen molar-refractivity contribution in [1.29, 1.82) is 0 Å². The van der Waals surface area contributed by atoms with Crippen LogP contribution in [0.3, 0.4) is 0 Å². The molecule has 1 aromatic rings. The number of ether oxygens (including phenoxy) is 1. The van der Waals surface area contributed by atoms with Gasteiger partial charge in [0, 0.05) is 18.3 Å². The number of aliphatic hydroxyl groups is 1. The van der Waals surface area contributed by atoms with Gasteiger partial charge in [-0.2, -0.15) is 0 Å². The highest BCUT2D eigenvalue weighted by Crippen LogP contribution is 2.17. The van der Waals surface area contributed by atoms with E-state index in [2.05, 4.69) is 9.72 Å². The number of hydrogen-bond donors (Lipinski definition) is 1. The summed E-state index contributed by atoms with van der Waals surface area (Å²) in [5.41, 5.74) is 1.63. The van der Waals surface area contributed by atoms with Crippen molar-refractivity contribution in [3.05, 3.63) is 29.6 Å². The van der Waals surface area contributed by atoms with Gasteiger partial charge in [0.25, 0.3) is 0 Å². The summed E-state index contributed by atoms with van der Waals surface area (Å²) in [7, 11) is 1.34. The van der Waals surface area contributed by atoms with Gasteiger partial charge in [0.15, 0.2) is 0 Å². The summed E-state index contributed by atoms with van der Waals surface area (Å²) >= 11 is 0. The number of aliphatic hydroxyl groups excluding tert-OH is 1. The first-order valence-corrected chi connectivity index (χ1v) is 4.81. The minimum atomic E-state index is -0.655. The van der Waals surface area contributed by atoms with Gasteiger partial charge < -0.3 is 9.84 Å². The van der Waals surface area contributed by atoms with Crippen LogP contribution < -0.4 is 0 Å². The van der Waals surface area contributed by atoms with Gasteiger partial charge in [0.2, 0.25) is 0 Å². The number of rotatable bonds is 4. The first-order valence-electron chi connectivity index (χ1n) is 4.81. The van der Waals surface area contributed by atoms with Crippen LogP contribution in [0.4, 0.5) is 0 Å². The van der Waals surface area contributed by atoms with Crippen molar-refractivity contribution in [2.24, 2.45) is 0 Å². The third-order valence-electron chi connectivity index (χ3n) is 2.17. The summed E-state index contributed by atoms with van der Waals surface area (Å²) < 4.78 is 4.49. The van der Waals surface area contributed by atoms with Gasteiger partial charge in [-0.3, -0.25) is 9.78 Å². The molecular weight excluding hydrogens is 194 g/mol. The molecule has 0 aliphatic carbocycles. The molecule has 0 fully saturated rings. The summed E-state index contributed by atoms with van der Waals surface area (Å²) in [6.07, 6.45) is 1.54. The van der Waals surface area contributed by atoms with Crippen LogP contribution >= 0.6 is 0 Å². The Hall–Kier alpha value is -1.42. The van der Waals surface area contributed by atoms with Crippen LogP contribution in [-0.2, 0) is 9.53 Å². The van der Waals surface area contributed by atoms with Crippen molar-refractivity contribution >= 4 is 5.97 Å². The van der Waals surface area contributed by atoms with Crippen LogP contribution in [-0.4, -0.2) is 23.2 Å². The van der Waals surface area contributed by atoms with E-state index >= 15 is 0 Å². The molecule has 0 spiro atoms. The van der Waals surface area contributed by atoms with Crippen molar-refractivity contribution in [3.8, 4) is 0 Å². The fraction of sp³-hybridized carbons (Fsp3) is 0.455. The maximum Gasteiger partial charge on any atom is 0.305 e. The van der Waals surface area contributed by atoms with Gasteiger partial charge in [0.1, 0.15) is 0 Å². The molecule has 0 aromatic carbocycles. The summed E-state index contributed by atoms with van der Waals surface area (Å²) in [6.45, 7) is 1.88. The monoisotopic (exact) mass is 209 g/mol. The number of esters is 1. The number of aryl methyl sites for hydroxylation is 1. The van der Waals surface area contributed by atoms with Crippen molar-refractivity contribution in [2.75, 3.05) is 7.11 Å². The van der Waals surface area contributed by atoms with E-state index in [0.717, 1.165) is 11.3 Å². The average Bonchev–Trinajstić information content (AvgIpc) is 2.26. The first-order chi connectivity index (χ1) is 7.13. The molecule has 1 N–H and O–H groups in total. The molecule has 1 unspecified atom stereocenters. The fourth-order valence-corrected chi connectivity index (χ4v) is 1.20. The number of nitrogens with zero attached hydrogens (tertiary/aromatic N) is 1. The summed E-state index contributed by atoms with van der Waals surface area (Å²) in [6, 6.07) is 3.64. The van der Waals surface area contributed by atoms with Gasteiger partial charge in [-0.1, -0.05) is 6.07 Å². The maximum absolute atomic E-state index is 10.9. The molecule has 4 nitrogen and oxygen atoms in total. The van der Waals surface area contributed by atoms with Crippen LogP contribution in [0.15, 0.2) is 18.3 Å². The second-order valence-electron chi connectivity index (χ2n) is 3.36. The van der Waals surface area contributed by atoms with E-state index in [1.165, 1.54) is 7.11 Å². The molecule has 15 heavy (non-hydrogen) atoms. The molecule has 1 heterocycles. The standard InChI is InChI=1S/C11H15NO3/c1-8-3-4-9(7-12-8)10(13)5-6-11(14)15-2/h3-4,7,10,13H,5-6H2,1-2H3. The molecular formula is C11H15NO3. The van der Waals surface area contributed by atoms with E-state index in [9.17, 15) is 9.90 Å². The average molecular weight is 209 g/mol. The SMILES string of the molecule is COC(=O)CCC(O)c1ccc(C)nc1. The lowest BCUT2D eigenvalue weighted by atomic mass is 10.1. The van der Waals surface area contributed by atoms with E-state index < -0.39 is 6.10 Å². The summed E-state index contributed by atoms with van der Waals surface area (Å²) in [5, 5.41) is 9.71. The second kappa shape index (κ2) is 5.46. The Morgan fingerprint density at radius 3 is 2.87 bits per heavy atom. The summed E-state index contributed by atoms with van der Waals surface area (Å²) in [4.78, 5) is 14.9. The minimum Gasteiger partial charge on any atom is -0.469 e. The Kier molecular flexibility index (Phi) is 4.24. The lowest BCUT2D eigenvalue weighted by molar-refractivity contribution is -0.141. The van der Waals surface area contributed by atoms with E-state index in [4.69, 9.17) is 0 Å². The topological polar surface area (TPSA) is 59.4 Å². The Morgan fingerprint density at radius 1 is 1.60 bits per heavy atom. The number of methoxy groups -OCH3 is 1. The quantitative estimate of drug-likeness (QED) is 0.761. The van der Waals surface area contributed by atoms with Gasteiger partial charge in [-0.15, -0.1) is 0 Å². The van der Waals surface area contributed by atoms with Crippen LogP contribution in [0.1, 0.15) is 30.2 Å². The van der Waals surface area contributed by atoms with E-state index in [1.807, 2.05) is 19.1 Å². The molecule has 0 saturated heterocycles. The highest BCUT2D eigenvalue weighted by molar-refractivity contribution is 5.69. The van der Waals surface area contributed by atoms with E-state index in [0.29, 0.717) is 6.42 Å². The van der Waals surface area contributed by atoms with E-state index in [-0.39, 0.29) is 12.4 Å². The fourth-order valence-electron chi connectivity index (χ4n) is 1.20. The van der Waals surface area contributed by atoms with Crippen molar-refractivity contribution in [2.45, 2.75) is 25.9 Å². The molecule has 0 bridgehead atoms. The minimum absolute atomic E-state index is 0.214. The molecule has 0 amide bonds. The third-order valence-corrected chi connectivity index (χ3v) is 2.17. The zero-order valence-corrected chi connectivity index (χ0v) is 8.93. The summed E-state index contributed by atoms with van der Waals surface area (Å²) in [5.74, 6) is -0.311. The molecule has 4 heteroatoms. The molecule has 0 aliphatic rings. The largest absolute Gasteiger partial charge is 0.469 e. The van der Waals surface area contributed by atoms with Gasteiger partial charge >= 0.3 is 5.97 Å². The van der Waals surface area contributed by atoms with Gasteiger partial charge in [-0.25, -0.2) is 0 Å². The molecule has 1 atom stereocenters. The molecule has 1 rings (SSSR count). The molecule has 0 aliphatic heterocycles. The van der Waals surface area contributed by atoms with Crippen molar-refractivity contribution < 1.29 is 14.6 Å². The Bertz CT molecular complexity index is 321. The molecule has 82 valence electrons. The molecule has 1 aromatic heterocycles. The number of carbonyl (C=O) groups is 1. The second-order valence-corrected chi connectivity index (χ2v) is 3.36. The van der Waals surface area contributed by atoms with Crippen LogP contribution in [0, 0.1) is 6.92 Å². The van der Waals surface area contributed by atoms with Crippen molar-refractivity contribution in [1.82, 2.24) is 4.98 Å². The Labute approximate surface area is 88.9 Å². The Morgan fingerprint density at radius 2 is 2.33 bits per heavy atom. The third kappa shape index (κ3) is 3.67. The normalized spacial score (nSPS) is 12.2. The predicted octanol–water partition coefficient (Wildman–Crippen LogP) is 1.38. The van der Waals surface area contributed by atoms with Crippen LogP contribution in [0.5, 0.6) is 0 Å². The lowest BCUT2D eigenvalue weighted by Crippen LogP contribution is -2.05. The highest BCUT2D eigenvalue weighted by Gasteiger charge is 2.10. The highest BCUT2D eigenvalue weighted by atomic mass is 16.5. The zero-order chi connectivity index (χ0) is 11.3. The van der Waals surface area contributed by atoms with Crippen LogP contribution in [0.25, 0.3) is 0 Å². The zero-order valence-electron chi connectivity index (χ0n) is 8.93. The molecule has 0 radical (unpaired) electrons. The number of hydrogen-bond acceptors (Lipinski definition) is 4. The number of pyridine rings is 1. The van der Waals surface area contributed by atoms with Gasteiger partial charge in [-0.05, 0) is 25.0 Å². The predicted molar refractivity (Wildman–Crippen MR) is 55.2 cm³/mol. The first kappa shape index (κ1) is 11.7. The number of aromatic nitrogens is 1. The van der Waals surface area contributed by atoms with Crippen molar-refractivity contribution in [3.63, 3.8) is 0 Å². The Balaban J connectivity index is 2.50.